The number of ether oxygens (including phenoxy) is 3. The van der Waals surface area contributed by atoms with E-state index in [0.717, 1.165) is 31.7 Å². The number of carbonyl (C=O) groups excluding carboxylic acids is 1. The second kappa shape index (κ2) is 7.69. The molecule has 0 bridgehead atoms. The third-order valence-electron chi connectivity index (χ3n) is 3.49. The van der Waals surface area contributed by atoms with Crippen LogP contribution in [0.2, 0.25) is 0 Å². The van der Waals surface area contributed by atoms with Crippen LogP contribution in [0, 0.1) is 0 Å². The van der Waals surface area contributed by atoms with Crippen LogP contribution in [0.15, 0.2) is 30.6 Å². The van der Waals surface area contributed by atoms with Crippen LogP contribution in [0.1, 0.15) is 23.5 Å². The Morgan fingerprint density at radius 2 is 2.08 bits per heavy atom. The van der Waals surface area contributed by atoms with Crippen LogP contribution in [0.5, 0.6) is 5.88 Å². The number of methoxy groups -OCH3 is 1. The van der Waals surface area contributed by atoms with Crippen molar-refractivity contribution in [3.05, 3.63) is 36.4 Å². The third-order valence-corrected chi connectivity index (χ3v) is 3.49. The van der Waals surface area contributed by atoms with Gasteiger partial charge in [-0.05, 0) is 12.1 Å². The average molecular weight is 330 g/mol. The van der Waals surface area contributed by atoms with Crippen molar-refractivity contribution in [1.29, 1.82) is 0 Å². The number of pyridine rings is 1. The van der Waals surface area contributed by atoms with Crippen LogP contribution < -0.4 is 10.1 Å². The highest BCUT2D eigenvalue weighted by Gasteiger charge is 2.15. The van der Waals surface area contributed by atoms with Gasteiger partial charge in [0, 0.05) is 25.1 Å². The number of aromatic nitrogens is 3. The van der Waals surface area contributed by atoms with Crippen molar-refractivity contribution >= 4 is 17.5 Å². The van der Waals surface area contributed by atoms with E-state index in [0.29, 0.717) is 11.7 Å². The van der Waals surface area contributed by atoms with Gasteiger partial charge in [-0.1, -0.05) is 0 Å². The van der Waals surface area contributed by atoms with E-state index in [-0.39, 0.29) is 11.9 Å². The fourth-order valence-corrected chi connectivity index (χ4v) is 2.25. The van der Waals surface area contributed by atoms with Gasteiger partial charge < -0.3 is 19.5 Å². The van der Waals surface area contributed by atoms with Crippen LogP contribution >= 0.6 is 0 Å². The Bertz CT molecular complexity index is 687. The maximum Gasteiger partial charge on any atom is 0.376 e. The number of nitrogens with one attached hydrogen (secondary N) is 1. The smallest absolute Gasteiger partial charge is 0.376 e. The second-order valence-electron chi connectivity index (χ2n) is 5.20. The highest BCUT2D eigenvalue weighted by molar-refractivity contribution is 5.85. The van der Waals surface area contributed by atoms with E-state index >= 15 is 0 Å². The van der Waals surface area contributed by atoms with Gasteiger partial charge in [-0.15, -0.1) is 0 Å². The molecule has 0 aromatic carbocycles. The summed E-state index contributed by atoms with van der Waals surface area (Å²) in [4.78, 5) is 23.7. The maximum absolute atomic E-state index is 11.4. The number of nitrogens with zero attached hydrogens (tertiary/aromatic N) is 3. The number of rotatable bonds is 5. The first-order valence-corrected chi connectivity index (χ1v) is 7.63. The molecule has 1 N–H and O–H groups in total. The summed E-state index contributed by atoms with van der Waals surface area (Å²) in [6, 6.07) is 5.28. The molecule has 126 valence electrons. The van der Waals surface area contributed by atoms with Gasteiger partial charge >= 0.3 is 5.97 Å². The number of esters is 1. The normalized spacial score (nSPS) is 14.9. The molecule has 0 amide bonds. The van der Waals surface area contributed by atoms with Crippen LogP contribution in [0.4, 0.5) is 11.5 Å². The lowest BCUT2D eigenvalue weighted by atomic mass is 10.1. The molecular weight excluding hydrogens is 312 g/mol. The lowest BCUT2D eigenvalue weighted by molar-refractivity contribution is 0.0237. The Labute approximate surface area is 139 Å². The molecule has 8 heteroatoms. The van der Waals surface area contributed by atoms with Crippen molar-refractivity contribution < 1.29 is 19.0 Å². The molecule has 1 saturated heterocycles. The Balaban J connectivity index is 1.62. The monoisotopic (exact) mass is 330 g/mol. The maximum atomic E-state index is 11.4. The lowest BCUT2D eigenvalue weighted by Crippen LogP contribution is -2.26. The zero-order valence-electron chi connectivity index (χ0n) is 13.3. The molecule has 1 aliphatic rings. The van der Waals surface area contributed by atoms with Gasteiger partial charge in [-0.2, -0.15) is 0 Å². The topological polar surface area (TPSA) is 95.5 Å². The molecule has 1 fully saturated rings. The first kappa shape index (κ1) is 16.1. The number of carbonyl (C=O) groups is 1. The molecule has 3 heterocycles. The summed E-state index contributed by atoms with van der Waals surface area (Å²) in [7, 11) is 1.28. The van der Waals surface area contributed by atoms with Gasteiger partial charge in [0.25, 0.3) is 0 Å². The molecule has 24 heavy (non-hydrogen) atoms. The summed E-state index contributed by atoms with van der Waals surface area (Å²) in [6.07, 6.45) is 5.03. The van der Waals surface area contributed by atoms with Crippen molar-refractivity contribution in [3.63, 3.8) is 0 Å². The van der Waals surface area contributed by atoms with E-state index in [9.17, 15) is 4.79 Å². The SMILES string of the molecule is COC(=O)c1nccc(Nc2ccc(OC3CCOCC3)nc2)n1. The van der Waals surface area contributed by atoms with Gasteiger partial charge in [0.05, 0.1) is 32.2 Å². The molecule has 2 aromatic rings. The quantitative estimate of drug-likeness (QED) is 0.831. The Kier molecular flexibility index (Phi) is 5.17. The average Bonchev–Trinajstić information content (AvgIpc) is 2.64. The van der Waals surface area contributed by atoms with Gasteiger partial charge in [-0.3, -0.25) is 0 Å². The van der Waals surface area contributed by atoms with Crippen molar-refractivity contribution in [3.8, 4) is 5.88 Å². The second-order valence-corrected chi connectivity index (χ2v) is 5.20. The first-order valence-electron chi connectivity index (χ1n) is 7.63. The highest BCUT2D eigenvalue weighted by atomic mass is 16.5. The molecule has 0 aliphatic carbocycles. The molecule has 0 spiro atoms. The minimum Gasteiger partial charge on any atom is -0.474 e. The van der Waals surface area contributed by atoms with E-state index in [1.54, 1.807) is 18.3 Å². The largest absolute Gasteiger partial charge is 0.474 e. The summed E-state index contributed by atoms with van der Waals surface area (Å²) in [5, 5.41) is 3.06. The minimum absolute atomic E-state index is 0.00469. The summed E-state index contributed by atoms with van der Waals surface area (Å²) in [6.45, 7) is 1.45. The van der Waals surface area contributed by atoms with Gasteiger partial charge in [-0.25, -0.2) is 19.7 Å². The minimum atomic E-state index is -0.586. The summed E-state index contributed by atoms with van der Waals surface area (Å²) in [5.41, 5.74) is 0.726. The molecule has 0 unspecified atom stereocenters. The predicted octanol–water partition coefficient (Wildman–Crippen LogP) is 1.96. The predicted molar refractivity (Wildman–Crippen MR) is 85.4 cm³/mol. The third kappa shape index (κ3) is 4.17. The molecule has 0 saturated carbocycles. The van der Waals surface area contributed by atoms with Crippen LogP contribution in [-0.2, 0) is 9.47 Å². The Morgan fingerprint density at radius 3 is 2.79 bits per heavy atom. The summed E-state index contributed by atoms with van der Waals surface area (Å²) in [5.74, 6) is 0.461. The summed E-state index contributed by atoms with van der Waals surface area (Å²) >= 11 is 0. The van der Waals surface area contributed by atoms with Crippen molar-refractivity contribution in [1.82, 2.24) is 15.0 Å². The highest BCUT2D eigenvalue weighted by Crippen LogP contribution is 2.19. The van der Waals surface area contributed by atoms with Gasteiger partial charge in [0.2, 0.25) is 11.7 Å². The fraction of sp³-hybridized carbons (Fsp3) is 0.375. The van der Waals surface area contributed by atoms with Crippen molar-refractivity contribution in [2.24, 2.45) is 0 Å². The zero-order valence-corrected chi connectivity index (χ0v) is 13.3. The first-order chi connectivity index (χ1) is 11.7. The Morgan fingerprint density at radius 1 is 1.25 bits per heavy atom. The molecule has 1 aliphatic heterocycles. The number of hydrogen-bond acceptors (Lipinski definition) is 8. The van der Waals surface area contributed by atoms with E-state index in [4.69, 9.17) is 9.47 Å². The van der Waals surface area contributed by atoms with E-state index in [1.807, 2.05) is 6.07 Å². The van der Waals surface area contributed by atoms with Crippen molar-refractivity contribution in [2.75, 3.05) is 25.6 Å². The molecule has 0 atom stereocenters. The Hall–Kier alpha value is -2.74. The molecular formula is C16H18N4O4. The zero-order chi connectivity index (χ0) is 16.8. The van der Waals surface area contributed by atoms with Crippen LogP contribution in [0.3, 0.4) is 0 Å². The molecule has 2 aromatic heterocycles. The lowest BCUT2D eigenvalue weighted by Gasteiger charge is -2.22. The molecule has 0 radical (unpaired) electrons. The van der Waals surface area contributed by atoms with E-state index in [1.165, 1.54) is 13.3 Å². The van der Waals surface area contributed by atoms with E-state index < -0.39 is 5.97 Å². The van der Waals surface area contributed by atoms with Gasteiger partial charge in [0.15, 0.2) is 0 Å². The van der Waals surface area contributed by atoms with Gasteiger partial charge in [0.1, 0.15) is 11.9 Å². The molecule has 8 nitrogen and oxygen atoms in total. The number of anilines is 2. The van der Waals surface area contributed by atoms with Crippen LogP contribution in [0.25, 0.3) is 0 Å². The summed E-state index contributed by atoms with van der Waals surface area (Å²) < 4.78 is 15.7. The number of hydrogen-bond donors (Lipinski definition) is 1. The standard InChI is InChI=1S/C16H18N4O4/c1-22-16(21)15-17-7-4-13(20-15)19-11-2-3-14(18-10-11)24-12-5-8-23-9-6-12/h2-4,7,10,12H,5-6,8-9H2,1H3,(H,17,19,20). The van der Waals surface area contributed by atoms with Crippen LogP contribution in [-0.4, -0.2) is 47.3 Å². The molecule has 3 rings (SSSR count). The van der Waals surface area contributed by atoms with Crippen molar-refractivity contribution in [2.45, 2.75) is 18.9 Å². The fourth-order valence-electron chi connectivity index (χ4n) is 2.25. The van der Waals surface area contributed by atoms with E-state index in [2.05, 4.69) is 25.0 Å².